The van der Waals surface area contributed by atoms with E-state index < -0.39 is 7.20 Å². The van der Waals surface area contributed by atoms with Gasteiger partial charge in [0, 0.05) is 31.0 Å². The molecule has 0 amide bonds. The molecule has 4 aromatic rings. The minimum absolute atomic E-state index is 0.889. The molecular weight excluding hydrogens is 529 g/mol. The molecule has 0 aliphatic carbocycles. The van der Waals surface area contributed by atoms with E-state index in [-0.39, 0.29) is 0 Å². The summed E-state index contributed by atoms with van der Waals surface area (Å²) in [4.78, 5) is 6.66. The van der Waals surface area contributed by atoms with Gasteiger partial charge in [0.15, 0.2) is 0 Å². The minimum Gasteiger partial charge on any atom is -0.316 e. The Morgan fingerprint density at radius 3 is 1.71 bits per heavy atom. The molecule has 0 aliphatic heterocycles. The summed E-state index contributed by atoms with van der Waals surface area (Å²) in [6.07, 6.45) is 0. The van der Waals surface area contributed by atoms with E-state index in [9.17, 15) is 0 Å². The van der Waals surface area contributed by atoms with Crippen molar-refractivity contribution >= 4 is 40.2 Å². The van der Waals surface area contributed by atoms with Crippen molar-refractivity contribution in [2.24, 2.45) is 0 Å². The van der Waals surface area contributed by atoms with Gasteiger partial charge in [-0.15, -0.1) is 7.20 Å². The Morgan fingerprint density at radius 2 is 1.16 bits per heavy atom. The highest BCUT2D eigenvalue weighted by Crippen LogP contribution is 2.74. The molecule has 1 N–H and O–H groups in total. The standard InChI is InChI=1S/C27H26INS2/c1-21-8-14-25(15-9-21)31(28,26-16-10-22(11-17-26)20-29-2)27-18-12-24(13-19-27)30-23-6-4-3-5-7-23/h3-19,29H,20H2,1-2H3. The second-order valence-electron chi connectivity index (χ2n) is 7.41. The second kappa shape index (κ2) is 10.3. The van der Waals surface area contributed by atoms with Crippen molar-refractivity contribution < 1.29 is 0 Å². The van der Waals surface area contributed by atoms with Crippen LogP contribution in [-0.2, 0) is 6.54 Å². The van der Waals surface area contributed by atoms with Crippen molar-refractivity contribution in [3.05, 3.63) is 114 Å². The Bertz CT molecular complexity index is 1110. The van der Waals surface area contributed by atoms with Crippen LogP contribution in [0.3, 0.4) is 0 Å². The summed E-state index contributed by atoms with van der Waals surface area (Å²) in [7, 11) is 0.616. The van der Waals surface area contributed by atoms with Gasteiger partial charge in [0.05, 0.1) is 0 Å². The molecule has 0 aliphatic rings. The van der Waals surface area contributed by atoms with Gasteiger partial charge in [-0.05, 0) is 101 Å². The zero-order chi connectivity index (χ0) is 21.7. The van der Waals surface area contributed by atoms with E-state index in [0.717, 1.165) is 6.54 Å². The maximum atomic E-state index is 3.24. The first kappa shape index (κ1) is 22.5. The number of benzene rings is 4. The van der Waals surface area contributed by atoms with Crippen molar-refractivity contribution in [3.8, 4) is 0 Å². The predicted octanol–water partition coefficient (Wildman–Crippen LogP) is 8.50. The number of hydrogen-bond acceptors (Lipinski definition) is 2. The predicted molar refractivity (Wildman–Crippen MR) is 144 cm³/mol. The second-order valence-corrected chi connectivity index (χ2v) is 15.0. The van der Waals surface area contributed by atoms with E-state index in [0.29, 0.717) is 0 Å². The molecule has 1 nitrogen and oxygen atoms in total. The van der Waals surface area contributed by atoms with E-state index in [4.69, 9.17) is 0 Å². The molecule has 158 valence electrons. The molecular formula is C27H26INS2. The van der Waals surface area contributed by atoms with Gasteiger partial charge in [-0.25, -0.2) is 0 Å². The first-order valence-electron chi connectivity index (χ1n) is 10.3. The van der Waals surface area contributed by atoms with Crippen molar-refractivity contribution in [2.75, 3.05) is 7.05 Å². The maximum absolute atomic E-state index is 3.24. The zero-order valence-electron chi connectivity index (χ0n) is 17.7. The molecule has 0 saturated heterocycles. The van der Waals surface area contributed by atoms with Crippen LogP contribution in [-0.4, -0.2) is 7.05 Å². The molecule has 1 unspecified atom stereocenters. The Kier molecular flexibility index (Phi) is 7.43. The van der Waals surface area contributed by atoms with Crippen LogP contribution < -0.4 is 5.32 Å². The number of hydrogen-bond donors (Lipinski definition) is 1. The Balaban J connectivity index is 1.72. The van der Waals surface area contributed by atoms with Crippen LogP contribution in [0.25, 0.3) is 0 Å². The van der Waals surface area contributed by atoms with Gasteiger partial charge in [0.1, 0.15) is 0 Å². The van der Waals surface area contributed by atoms with Crippen LogP contribution in [0.1, 0.15) is 11.1 Å². The minimum atomic E-state index is -1.37. The third kappa shape index (κ3) is 5.20. The summed E-state index contributed by atoms with van der Waals surface area (Å²) < 4.78 is 0. The summed E-state index contributed by atoms with van der Waals surface area (Å²) in [5, 5.41) is 3.24. The van der Waals surface area contributed by atoms with Crippen LogP contribution in [0.4, 0.5) is 0 Å². The fourth-order valence-electron chi connectivity index (χ4n) is 3.45. The summed E-state index contributed by atoms with van der Waals surface area (Å²) in [6, 6.07) is 37.9. The van der Waals surface area contributed by atoms with E-state index in [1.54, 1.807) is 0 Å². The van der Waals surface area contributed by atoms with Gasteiger partial charge < -0.3 is 5.32 Å². The third-order valence-electron chi connectivity index (χ3n) is 5.10. The topological polar surface area (TPSA) is 12.0 Å². The largest absolute Gasteiger partial charge is 0.316 e. The quantitative estimate of drug-likeness (QED) is 0.230. The van der Waals surface area contributed by atoms with Crippen LogP contribution in [0.5, 0.6) is 0 Å². The highest BCUT2D eigenvalue weighted by molar-refractivity contribution is 14.2. The average Bonchev–Trinajstić information content (AvgIpc) is 2.81. The normalized spacial score (nSPS) is 14.0. The number of halogens is 1. The lowest BCUT2D eigenvalue weighted by atomic mass is 10.2. The summed E-state index contributed by atoms with van der Waals surface area (Å²) in [5.74, 6) is 0. The average molecular weight is 556 g/mol. The van der Waals surface area contributed by atoms with E-state index in [2.05, 4.69) is 137 Å². The van der Waals surface area contributed by atoms with Crippen molar-refractivity contribution in [3.63, 3.8) is 0 Å². The monoisotopic (exact) mass is 555 g/mol. The van der Waals surface area contributed by atoms with Crippen LogP contribution in [0.15, 0.2) is 128 Å². The lowest BCUT2D eigenvalue weighted by Gasteiger charge is -2.35. The van der Waals surface area contributed by atoms with Gasteiger partial charge in [0.2, 0.25) is 0 Å². The van der Waals surface area contributed by atoms with Gasteiger partial charge in [-0.2, -0.15) is 0 Å². The van der Waals surface area contributed by atoms with Crippen LogP contribution >= 0.6 is 40.2 Å². The van der Waals surface area contributed by atoms with Crippen molar-refractivity contribution in [2.45, 2.75) is 37.9 Å². The van der Waals surface area contributed by atoms with Crippen LogP contribution in [0, 0.1) is 6.92 Å². The van der Waals surface area contributed by atoms with E-state index in [1.165, 1.54) is 35.6 Å². The van der Waals surface area contributed by atoms with Crippen LogP contribution in [0.2, 0.25) is 0 Å². The van der Waals surface area contributed by atoms with Crippen molar-refractivity contribution in [1.29, 1.82) is 0 Å². The molecule has 0 saturated carbocycles. The lowest BCUT2D eigenvalue weighted by molar-refractivity contribution is 0.817. The molecule has 0 heterocycles. The third-order valence-corrected chi connectivity index (χ3v) is 13.5. The SMILES string of the molecule is CNCc1ccc(S(I)(c2ccc(C)cc2)c2ccc(Sc3ccccc3)cc2)cc1. The number of aryl methyl sites for hydroxylation is 1. The fourth-order valence-corrected chi connectivity index (χ4v) is 9.28. The highest BCUT2D eigenvalue weighted by atomic mass is 127. The van der Waals surface area contributed by atoms with E-state index >= 15 is 0 Å². The molecule has 4 heteroatoms. The summed E-state index contributed by atoms with van der Waals surface area (Å²) in [6.45, 7) is 3.04. The molecule has 0 bridgehead atoms. The maximum Gasteiger partial charge on any atom is 0.0202 e. The van der Waals surface area contributed by atoms with Gasteiger partial charge >= 0.3 is 0 Å². The van der Waals surface area contributed by atoms with Gasteiger partial charge in [0.25, 0.3) is 0 Å². The zero-order valence-corrected chi connectivity index (χ0v) is 21.5. The highest BCUT2D eigenvalue weighted by Gasteiger charge is 2.28. The molecule has 0 spiro atoms. The van der Waals surface area contributed by atoms with E-state index in [1.807, 2.05) is 18.8 Å². The molecule has 31 heavy (non-hydrogen) atoms. The summed E-state index contributed by atoms with van der Waals surface area (Å²) >= 11 is 4.52. The Morgan fingerprint density at radius 1 is 0.677 bits per heavy atom. The molecule has 0 aromatic heterocycles. The molecule has 0 radical (unpaired) electrons. The van der Waals surface area contributed by atoms with Gasteiger partial charge in [-0.1, -0.05) is 59.8 Å². The fraction of sp³-hybridized carbons (Fsp3) is 0.111. The smallest absolute Gasteiger partial charge is 0.0202 e. The lowest BCUT2D eigenvalue weighted by Crippen LogP contribution is -2.05. The molecule has 4 rings (SSSR count). The first-order chi connectivity index (χ1) is 15.1. The Hall–Kier alpha value is -1.73. The van der Waals surface area contributed by atoms with Gasteiger partial charge in [-0.3, -0.25) is 0 Å². The molecule has 0 fully saturated rings. The Labute approximate surface area is 203 Å². The molecule has 1 atom stereocenters. The van der Waals surface area contributed by atoms with Crippen molar-refractivity contribution in [1.82, 2.24) is 5.32 Å². The summed E-state index contributed by atoms with van der Waals surface area (Å²) in [5.41, 5.74) is 2.60. The molecule has 4 aromatic carbocycles. The first-order valence-corrected chi connectivity index (χ1v) is 15.2. The number of rotatable bonds is 7. The number of nitrogens with one attached hydrogen (secondary N) is 1.